The fraction of sp³-hybridized carbons (Fsp3) is 0.450. The standard InChI is InChI=1S/C20H24FN5O2/c1-2-26-13-16(11-24-26)14-4-5-15(18(21)9-14)8-17(10-22)25-20(27)19-12-23-6-3-7-28-19/h4-5,9,11,13,17,19,23H,2-3,6-8,12H2,1H3,(H,25,27)/t17-,19?/m0/s1. The number of aromatic nitrogens is 2. The fourth-order valence-electron chi connectivity index (χ4n) is 3.07. The van der Waals surface area contributed by atoms with Crippen molar-refractivity contribution >= 4 is 5.91 Å². The highest BCUT2D eigenvalue weighted by atomic mass is 19.1. The molecule has 8 heteroatoms. The van der Waals surface area contributed by atoms with Crippen LogP contribution < -0.4 is 10.6 Å². The summed E-state index contributed by atoms with van der Waals surface area (Å²) in [5, 5.41) is 19.4. The van der Waals surface area contributed by atoms with Crippen LogP contribution in [0, 0.1) is 17.1 Å². The van der Waals surface area contributed by atoms with Crippen molar-refractivity contribution in [2.24, 2.45) is 0 Å². The van der Waals surface area contributed by atoms with Gasteiger partial charge in [-0.3, -0.25) is 9.48 Å². The zero-order valence-electron chi connectivity index (χ0n) is 15.8. The van der Waals surface area contributed by atoms with E-state index in [0.29, 0.717) is 18.7 Å². The predicted molar refractivity (Wildman–Crippen MR) is 102 cm³/mol. The van der Waals surface area contributed by atoms with Crippen LogP contribution in [0.15, 0.2) is 30.6 Å². The zero-order chi connectivity index (χ0) is 19.9. The van der Waals surface area contributed by atoms with Crippen LogP contribution in [0.4, 0.5) is 4.39 Å². The summed E-state index contributed by atoms with van der Waals surface area (Å²) in [4.78, 5) is 12.3. The third kappa shape index (κ3) is 4.94. The average molecular weight is 385 g/mol. The molecule has 2 heterocycles. The molecule has 2 aromatic rings. The number of aryl methyl sites for hydroxylation is 1. The molecule has 1 aliphatic heterocycles. The molecule has 0 bridgehead atoms. The van der Waals surface area contributed by atoms with E-state index >= 15 is 0 Å². The van der Waals surface area contributed by atoms with Gasteiger partial charge >= 0.3 is 0 Å². The number of hydrogen-bond acceptors (Lipinski definition) is 5. The third-order valence-corrected chi connectivity index (χ3v) is 4.68. The smallest absolute Gasteiger partial charge is 0.251 e. The number of ether oxygens (including phenoxy) is 1. The Bertz CT molecular complexity index is 853. The number of nitriles is 1. The number of carbonyl (C=O) groups is 1. The molecule has 1 aromatic heterocycles. The first kappa shape index (κ1) is 20.0. The lowest BCUT2D eigenvalue weighted by atomic mass is 10.0. The monoisotopic (exact) mass is 385 g/mol. The lowest BCUT2D eigenvalue weighted by molar-refractivity contribution is -0.132. The Morgan fingerprint density at radius 2 is 2.39 bits per heavy atom. The summed E-state index contributed by atoms with van der Waals surface area (Å²) in [5.41, 5.74) is 1.92. The van der Waals surface area contributed by atoms with Crippen molar-refractivity contribution in [2.75, 3.05) is 19.7 Å². The van der Waals surface area contributed by atoms with Crippen LogP contribution in [0.2, 0.25) is 0 Å². The molecule has 1 unspecified atom stereocenters. The first-order valence-corrected chi connectivity index (χ1v) is 9.44. The van der Waals surface area contributed by atoms with E-state index in [1.54, 1.807) is 23.0 Å². The lowest BCUT2D eigenvalue weighted by Gasteiger charge is -2.18. The number of nitrogens with zero attached hydrogens (tertiary/aromatic N) is 3. The molecule has 2 atom stereocenters. The maximum Gasteiger partial charge on any atom is 0.251 e. The van der Waals surface area contributed by atoms with Gasteiger partial charge in [0.15, 0.2) is 0 Å². The van der Waals surface area contributed by atoms with Gasteiger partial charge < -0.3 is 15.4 Å². The van der Waals surface area contributed by atoms with E-state index in [1.807, 2.05) is 19.2 Å². The Morgan fingerprint density at radius 3 is 3.11 bits per heavy atom. The molecule has 1 amide bonds. The van der Waals surface area contributed by atoms with Crippen molar-refractivity contribution in [2.45, 2.75) is 38.5 Å². The number of amides is 1. The second kappa shape index (κ2) is 9.44. The van der Waals surface area contributed by atoms with Gasteiger partial charge in [-0.15, -0.1) is 0 Å². The minimum absolute atomic E-state index is 0.0860. The van der Waals surface area contributed by atoms with Gasteiger partial charge in [-0.05, 0) is 37.1 Å². The molecular formula is C20H24FN5O2. The van der Waals surface area contributed by atoms with Crippen LogP contribution in [0.5, 0.6) is 0 Å². The molecule has 1 fully saturated rings. The summed E-state index contributed by atoms with van der Waals surface area (Å²) in [7, 11) is 0. The van der Waals surface area contributed by atoms with Gasteiger partial charge in [0.25, 0.3) is 5.91 Å². The first-order valence-electron chi connectivity index (χ1n) is 9.44. The molecule has 2 N–H and O–H groups in total. The van der Waals surface area contributed by atoms with Crippen LogP contribution >= 0.6 is 0 Å². The van der Waals surface area contributed by atoms with Gasteiger partial charge in [0, 0.05) is 37.9 Å². The van der Waals surface area contributed by atoms with E-state index in [2.05, 4.69) is 15.7 Å². The summed E-state index contributed by atoms with van der Waals surface area (Å²) < 4.78 is 21.8. The molecule has 1 aliphatic rings. The van der Waals surface area contributed by atoms with E-state index in [0.717, 1.165) is 30.6 Å². The molecule has 7 nitrogen and oxygen atoms in total. The largest absolute Gasteiger partial charge is 0.367 e. The zero-order valence-corrected chi connectivity index (χ0v) is 15.8. The van der Waals surface area contributed by atoms with Crippen molar-refractivity contribution in [1.29, 1.82) is 5.26 Å². The van der Waals surface area contributed by atoms with Crippen LogP contribution in [0.1, 0.15) is 18.9 Å². The van der Waals surface area contributed by atoms with Crippen LogP contribution in [-0.2, 0) is 22.5 Å². The highest BCUT2D eigenvalue weighted by Crippen LogP contribution is 2.22. The van der Waals surface area contributed by atoms with Gasteiger partial charge in [0.1, 0.15) is 18.0 Å². The van der Waals surface area contributed by atoms with E-state index in [1.165, 1.54) is 6.07 Å². The number of rotatable bonds is 6. The van der Waals surface area contributed by atoms with E-state index in [9.17, 15) is 14.4 Å². The molecule has 1 aromatic carbocycles. The fourth-order valence-corrected chi connectivity index (χ4v) is 3.07. The summed E-state index contributed by atoms with van der Waals surface area (Å²) in [6, 6.07) is 6.08. The van der Waals surface area contributed by atoms with Gasteiger partial charge in [0.2, 0.25) is 0 Å². The predicted octanol–water partition coefficient (Wildman–Crippen LogP) is 1.64. The highest BCUT2D eigenvalue weighted by Gasteiger charge is 2.24. The molecule has 1 saturated heterocycles. The Hall–Kier alpha value is -2.76. The second-order valence-electron chi connectivity index (χ2n) is 6.70. The summed E-state index contributed by atoms with van der Waals surface area (Å²) in [6.45, 7) is 4.41. The highest BCUT2D eigenvalue weighted by molar-refractivity contribution is 5.81. The topological polar surface area (TPSA) is 92.0 Å². The van der Waals surface area contributed by atoms with E-state index < -0.39 is 18.0 Å². The summed E-state index contributed by atoms with van der Waals surface area (Å²) in [6.07, 6.45) is 3.83. The summed E-state index contributed by atoms with van der Waals surface area (Å²) >= 11 is 0. The van der Waals surface area contributed by atoms with Crippen molar-refractivity contribution in [3.05, 3.63) is 42.0 Å². The Balaban J connectivity index is 1.65. The normalized spacial score (nSPS) is 18.1. The number of halogens is 1. The minimum atomic E-state index is -0.831. The van der Waals surface area contributed by atoms with Gasteiger partial charge in [0.05, 0.1) is 12.3 Å². The first-order chi connectivity index (χ1) is 13.6. The molecule has 0 saturated carbocycles. The number of benzene rings is 1. The second-order valence-corrected chi connectivity index (χ2v) is 6.70. The van der Waals surface area contributed by atoms with Gasteiger partial charge in [-0.25, -0.2) is 4.39 Å². The van der Waals surface area contributed by atoms with Crippen molar-refractivity contribution < 1.29 is 13.9 Å². The molecule has 28 heavy (non-hydrogen) atoms. The average Bonchev–Trinajstić information content (AvgIpc) is 3.02. The van der Waals surface area contributed by atoms with Crippen molar-refractivity contribution in [1.82, 2.24) is 20.4 Å². The van der Waals surface area contributed by atoms with E-state index in [4.69, 9.17) is 4.74 Å². The van der Waals surface area contributed by atoms with Crippen LogP contribution in [0.25, 0.3) is 11.1 Å². The molecule has 148 valence electrons. The third-order valence-electron chi connectivity index (χ3n) is 4.68. The number of nitrogens with one attached hydrogen (secondary N) is 2. The summed E-state index contributed by atoms with van der Waals surface area (Å²) in [5.74, 6) is -0.770. The maximum atomic E-state index is 14.6. The Kier molecular flexibility index (Phi) is 6.74. The Labute approximate surface area is 163 Å². The van der Waals surface area contributed by atoms with Gasteiger partial charge in [-0.2, -0.15) is 10.4 Å². The lowest BCUT2D eigenvalue weighted by Crippen LogP contribution is -2.46. The molecule has 0 spiro atoms. The van der Waals surface area contributed by atoms with Crippen LogP contribution in [-0.4, -0.2) is 47.5 Å². The van der Waals surface area contributed by atoms with Gasteiger partial charge in [-0.1, -0.05) is 12.1 Å². The molecular weight excluding hydrogens is 361 g/mol. The van der Waals surface area contributed by atoms with E-state index in [-0.39, 0.29) is 12.3 Å². The van der Waals surface area contributed by atoms with Crippen LogP contribution in [0.3, 0.4) is 0 Å². The number of hydrogen-bond donors (Lipinski definition) is 2. The molecule has 0 radical (unpaired) electrons. The van der Waals surface area contributed by atoms with Crippen molar-refractivity contribution in [3.63, 3.8) is 0 Å². The SMILES string of the molecule is CCn1cc(-c2ccc(C[C@@H](C#N)NC(=O)C3CNCCCO3)c(F)c2)cn1. The van der Waals surface area contributed by atoms with Crippen molar-refractivity contribution in [3.8, 4) is 17.2 Å². The molecule has 0 aliphatic carbocycles. The minimum Gasteiger partial charge on any atom is -0.367 e. The Morgan fingerprint density at radius 1 is 1.54 bits per heavy atom. The number of carbonyl (C=O) groups excluding carboxylic acids is 1. The maximum absolute atomic E-state index is 14.6. The molecule has 3 rings (SSSR count). The quantitative estimate of drug-likeness (QED) is 0.789.